The topological polar surface area (TPSA) is 87.3 Å². The van der Waals surface area contributed by atoms with Crippen LogP contribution in [0.15, 0.2) is 0 Å². The summed E-state index contributed by atoms with van der Waals surface area (Å²) in [6, 6.07) is -1.26. The maximum absolute atomic E-state index is 12.2. The molecule has 0 heterocycles. The summed E-state index contributed by atoms with van der Waals surface area (Å²) < 4.78 is 0.290. The highest BCUT2D eigenvalue weighted by molar-refractivity contribution is 14.1. The van der Waals surface area contributed by atoms with Gasteiger partial charge in [-0.05, 0) is 18.8 Å². The highest BCUT2D eigenvalue weighted by atomic mass is 127. The molecule has 3 amide bonds. The van der Waals surface area contributed by atoms with E-state index in [0.717, 1.165) is 0 Å². The van der Waals surface area contributed by atoms with E-state index in [0.29, 0.717) is 16.9 Å². The van der Waals surface area contributed by atoms with Crippen molar-refractivity contribution < 1.29 is 14.4 Å². The molecule has 0 aromatic rings. The summed E-state index contributed by atoms with van der Waals surface area (Å²) in [5.41, 5.74) is 0. The van der Waals surface area contributed by atoms with Crippen LogP contribution in [0, 0.1) is 11.8 Å². The van der Waals surface area contributed by atoms with Crippen molar-refractivity contribution in [2.24, 2.45) is 11.8 Å². The number of carbonyl (C=O) groups excluding carboxylic acids is 3. The van der Waals surface area contributed by atoms with E-state index < -0.39 is 12.1 Å². The maximum atomic E-state index is 12.2. The lowest BCUT2D eigenvalue weighted by Gasteiger charge is -2.23. The third-order valence-corrected chi connectivity index (χ3v) is 3.52. The molecular weight excluding hydrogens is 385 g/mol. The van der Waals surface area contributed by atoms with Gasteiger partial charge in [-0.2, -0.15) is 0 Å². The van der Waals surface area contributed by atoms with Gasteiger partial charge in [-0.25, -0.2) is 0 Å². The van der Waals surface area contributed by atoms with Crippen LogP contribution < -0.4 is 16.0 Å². The van der Waals surface area contributed by atoms with Crippen LogP contribution in [-0.2, 0) is 14.4 Å². The molecule has 0 saturated heterocycles. The zero-order chi connectivity index (χ0) is 16.6. The number of halogens is 1. The van der Waals surface area contributed by atoms with E-state index in [-0.39, 0.29) is 23.6 Å². The molecule has 0 spiro atoms. The zero-order valence-electron chi connectivity index (χ0n) is 13.3. The van der Waals surface area contributed by atoms with E-state index in [1.165, 1.54) is 0 Å². The summed E-state index contributed by atoms with van der Waals surface area (Å²) in [5, 5.41) is 8.08. The average Bonchev–Trinajstić information content (AvgIpc) is 2.40. The van der Waals surface area contributed by atoms with Crippen LogP contribution in [-0.4, -0.2) is 40.8 Å². The molecule has 0 aliphatic rings. The minimum absolute atomic E-state index is 0.0529. The fourth-order valence-electron chi connectivity index (χ4n) is 1.57. The van der Waals surface area contributed by atoms with Crippen LogP contribution >= 0.6 is 22.6 Å². The second-order valence-electron chi connectivity index (χ2n) is 5.79. The summed E-state index contributed by atoms with van der Waals surface area (Å²) >= 11 is 1.94. The first-order valence-corrected chi connectivity index (χ1v) is 8.65. The van der Waals surface area contributed by atoms with Gasteiger partial charge in [0.2, 0.25) is 17.7 Å². The Bertz CT molecular complexity index is 372. The lowest BCUT2D eigenvalue weighted by molar-refractivity contribution is -0.132. The summed E-state index contributed by atoms with van der Waals surface area (Å²) in [4.78, 5) is 35.5. The van der Waals surface area contributed by atoms with Crippen molar-refractivity contribution in [3.05, 3.63) is 0 Å². The molecule has 3 N–H and O–H groups in total. The SMILES string of the molecule is CC(C)CNC(=O)[C@H](C)NC(=O)[C@@H](NC(=O)CI)C(C)C. The van der Waals surface area contributed by atoms with Crippen LogP contribution in [0.2, 0.25) is 0 Å². The van der Waals surface area contributed by atoms with E-state index in [9.17, 15) is 14.4 Å². The van der Waals surface area contributed by atoms with E-state index in [4.69, 9.17) is 0 Å². The molecule has 0 aromatic heterocycles. The van der Waals surface area contributed by atoms with Crippen molar-refractivity contribution >= 4 is 40.3 Å². The van der Waals surface area contributed by atoms with E-state index >= 15 is 0 Å². The highest BCUT2D eigenvalue weighted by Gasteiger charge is 2.26. The molecule has 21 heavy (non-hydrogen) atoms. The Balaban J connectivity index is 4.53. The molecule has 0 fully saturated rings. The number of amides is 3. The quantitative estimate of drug-likeness (QED) is 0.409. The fourth-order valence-corrected chi connectivity index (χ4v) is 1.79. The molecule has 0 aliphatic carbocycles. The maximum Gasteiger partial charge on any atom is 0.243 e. The van der Waals surface area contributed by atoms with Crippen LogP contribution in [0.3, 0.4) is 0 Å². The second kappa shape index (κ2) is 9.97. The lowest BCUT2D eigenvalue weighted by Crippen LogP contribution is -2.54. The first kappa shape index (κ1) is 20.1. The predicted octanol–water partition coefficient (Wildman–Crippen LogP) is 0.839. The molecule has 0 aliphatic heterocycles. The van der Waals surface area contributed by atoms with Crippen LogP contribution in [0.4, 0.5) is 0 Å². The average molecular weight is 411 g/mol. The Morgan fingerprint density at radius 1 is 0.952 bits per heavy atom. The molecule has 0 bridgehead atoms. The van der Waals surface area contributed by atoms with Crippen LogP contribution in [0.25, 0.3) is 0 Å². The van der Waals surface area contributed by atoms with Gasteiger partial charge in [-0.15, -0.1) is 0 Å². The first-order valence-electron chi connectivity index (χ1n) is 7.12. The van der Waals surface area contributed by atoms with Gasteiger partial charge in [-0.1, -0.05) is 50.3 Å². The van der Waals surface area contributed by atoms with Gasteiger partial charge in [0.1, 0.15) is 12.1 Å². The number of carbonyl (C=O) groups is 3. The number of alkyl halides is 1. The van der Waals surface area contributed by atoms with Crippen molar-refractivity contribution in [2.75, 3.05) is 11.0 Å². The molecule has 7 heteroatoms. The summed E-state index contributed by atoms with van der Waals surface area (Å²) in [5.74, 6) is -0.456. The molecule has 0 saturated carbocycles. The molecule has 6 nitrogen and oxygen atoms in total. The Morgan fingerprint density at radius 2 is 1.52 bits per heavy atom. The standard InChI is InChI=1S/C14H26IN3O3/c1-8(2)7-16-13(20)10(5)17-14(21)12(9(3)4)18-11(19)6-15/h8-10,12H,6-7H2,1-5H3,(H,16,20)(H,17,21)(H,18,19)/t10-,12-/m0/s1. The Kier molecular flexibility index (Phi) is 9.56. The van der Waals surface area contributed by atoms with Gasteiger partial charge < -0.3 is 16.0 Å². The smallest absolute Gasteiger partial charge is 0.243 e. The predicted molar refractivity (Wildman–Crippen MR) is 91.1 cm³/mol. The van der Waals surface area contributed by atoms with Crippen molar-refractivity contribution in [3.63, 3.8) is 0 Å². The van der Waals surface area contributed by atoms with Crippen molar-refractivity contribution in [1.29, 1.82) is 0 Å². The van der Waals surface area contributed by atoms with Gasteiger partial charge in [0.15, 0.2) is 0 Å². The summed E-state index contributed by atoms with van der Waals surface area (Å²) in [6.07, 6.45) is 0. The Morgan fingerprint density at radius 3 is 1.95 bits per heavy atom. The van der Waals surface area contributed by atoms with Crippen LogP contribution in [0.5, 0.6) is 0 Å². The van der Waals surface area contributed by atoms with E-state index in [1.54, 1.807) is 6.92 Å². The third kappa shape index (κ3) is 8.23. The van der Waals surface area contributed by atoms with Gasteiger partial charge >= 0.3 is 0 Å². The van der Waals surface area contributed by atoms with Crippen molar-refractivity contribution in [2.45, 2.75) is 46.7 Å². The van der Waals surface area contributed by atoms with Crippen molar-refractivity contribution in [1.82, 2.24) is 16.0 Å². The lowest BCUT2D eigenvalue weighted by atomic mass is 10.0. The number of hydrogen-bond donors (Lipinski definition) is 3. The monoisotopic (exact) mass is 411 g/mol. The molecular formula is C14H26IN3O3. The largest absolute Gasteiger partial charge is 0.354 e. The molecule has 0 unspecified atom stereocenters. The second-order valence-corrected chi connectivity index (χ2v) is 6.55. The fraction of sp³-hybridized carbons (Fsp3) is 0.786. The first-order chi connectivity index (χ1) is 9.68. The number of hydrogen-bond acceptors (Lipinski definition) is 3. The highest BCUT2D eigenvalue weighted by Crippen LogP contribution is 2.03. The number of nitrogens with one attached hydrogen (secondary N) is 3. The molecule has 122 valence electrons. The molecule has 2 atom stereocenters. The molecule has 0 rings (SSSR count). The van der Waals surface area contributed by atoms with E-state index in [2.05, 4.69) is 16.0 Å². The summed E-state index contributed by atoms with van der Waals surface area (Å²) in [7, 11) is 0. The minimum atomic E-state index is -0.632. The van der Waals surface area contributed by atoms with Crippen LogP contribution in [0.1, 0.15) is 34.6 Å². The molecule has 0 aromatic carbocycles. The summed E-state index contributed by atoms with van der Waals surface area (Å²) in [6.45, 7) is 9.89. The van der Waals surface area contributed by atoms with Gasteiger partial charge in [0.25, 0.3) is 0 Å². The Labute approximate surface area is 140 Å². The normalized spacial score (nSPS) is 13.7. The van der Waals surface area contributed by atoms with Gasteiger partial charge in [-0.3, -0.25) is 14.4 Å². The van der Waals surface area contributed by atoms with Crippen molar-refractivity contribution in [3.8, 4) is 0 Å². The number of rotatable bonds is 8. The van der Waals surface area contributed by atoms with Gasteiger partial charge in [0, 0.05) is 6.54 Å². The van der Waals surface area contributed by atoms with Gasteiger partial charge in [0.05, 0.1) is 4.43 Å². The Hall–Kier alpha value is -0.860. The van der Waals surface area contributed by atoms with E-state index in [1.807, 2.05) is 50.3 Å². The molecule has 0 radical (unpaired) electrons. The zero-order valence-corrected chi connectivity index (χ0v) is 15.5. The third-order valence-electron chi connectivity index (χ3n) is 2.82. The minimum Gasteiger partial charge on any atom is -0.354 e.